The summed E-state index contributed by atoms with van der Waals surface area (Å²) in [5, 5.41) is 3.57. The van der Waals surface area contributed by atoms with Gasteiger partial charge in [-0.25, -0.2) is 4.39 Å². The fourth-order valence-electron chi connectivity index (χ4n) is 2.39. The van der Waals surface area contributed by atoms with Crippen LogP contribution in [0.4, 0.5) is 4.39 Å². The number of halogens is 2. The predicted molar refractivity (Wildman–Crippen MR) is 71.5 cm³/mol. The smallest absolute Gasteiger partial charge is 0.225 e. The van der Waals surface area contributed by atoms with Gasteiger partial charge in [-0.1, -0.05) is 29.8 Å². The summed E-state index contributed by atoms with van der Waals surface area (Å²) in [5.74, 6) is -0.415. The number of benzene rings is 2. The van der Waals surface area contributed by atoms with Gasteiger partial charge in [-0.05, 0) is 41.0 Å². The van der Waals surface area contributed by atoms with Gasteiger partial charge in [-0.2, -0.15) is 0 Å². The average Bonchev–Trinajstić information content (AvgIpc) is 2.38. The molecule has 1 unspecified atom stereocenters. The summed E-state index contributed by atoms with van der Waals surface area (Å²) < 4.78 is 13.3. The normalized spacial score (nSPS) is 17.8. The van der Waals surface area contributed by atoms with Gasteiger partial charge in [0.05, 0.1) is 12.5 Å². The van der Waals surface area contributed by atoms with Gasteiger partial charge >= 0.3 is 0 Å². The molecular weight excluding hydrogens is 265 g/mol. The lowest BCUT2D eigenvalue weighted by Gasteiger charge is -2.27. The maximum absolute atomic E-state index is 13.3. The summed E-state index contributed by atoms with van der Waals surface area (Å²) in [4.78, 5) is 11.7. The third-order valence-electron chi connectivity index (χ3n) is 3.28. The van der Waals surface area contributed by atoms with Gasteiger partial charge in [0, 0.05) is 5.02 Å². The van der Waals surface area contributed by atoms with Crippen molar-refractivity contribution in [2.45, 2.75) is 12.5 Å². The third-order valence-corrected chi connectivity index (χ3v) is 3.53. The molecule has 0 fully saturated rings. The van der Waals surface area contributed by atoms with Crippen molar-refractivity contribution >= 4 is 17.5 Å². The Morgan fingerprint density at radius 3 is 2.63 bits per heavy atom. The van der Waals surface area contributed by atoms with Gasteiger partial charge in [-0.15, -0.1) is 0 Å². The Labute approximate surface area is 115 Å². The number of nitrogens with one attached hydrogen (secondary N) is 1. The minimum Gasteiger partial charge on any atom is -0.345 e. The molecule has 2 aromatic rings. The van der Waals surface area contributed by atoms with E-state index in [2.05, 4.69) is 5.32 Å². The molecule has 0 saturated carbocycles. The van der Waals surface area contributed by atoms with Gasteiger partial charge in [-0.3, -0.25) is 4.79 Å². The zero-order valence-corrected chi connectivity index (χ0v) is 10.7. The summed E-state index contributed by atoms with van der Waals surface area (Å²) in [5.41, 5.74) is 2.61. The highest BCUT2D eigenvalue weighted by Crippen LogP contribution is 2.30. The van der Waals surface area contributed by atoms with E-state index in [-0.39, 0.29) is 24.2 Å². The molecule has 1 aliphatic heterocycles. The van der Waals surface area contributed by atoms with E-state index in [0.29, 0.717) is 5.02 Å². The summed E-state index contributed by atoms with van der Waals surface area (Å²) >= 11 is 5.86. The molecule has 0 spiro atoms. The van der Waals surface area contributed by atoms with Gasteiger partial charge in [0.15, 0.2) is 0 Å². The number of carbonyl (C=O) groups excluding carboxylic acids is 1. The Morgan fingerprint density at radius 1 is 1.16 bits per heavy atom. The summed E-state index contributed by atoms with van der Waals surface area (Å²) in [6.07, 6.45) is 0.219. The van der Waals surface area contributed by atoms with Crippen molar-refractivity contribution in [2.24, 2.45) is 0 Å². The largest absolute Gasteiger partial charge is 0.345 e. The van der Waals surface area contributed by atoms with Crippen molar-refractivity contribution in [1.82, 2.24) is 5.32 Å². The second-order valence-electron chi connectivity index (χ2n) is 4.57. The molecule has 1 amide bonds. The fourth-order valence-corrected chi connectivity index (χ4v) is 2.52. The topological polar surface area (TPSA) is 29.1 Å². The van der Waals surface area contributed by atoms with Crippen molar-refractivity contribution in [3.05, 3.63) is 70.0 Å². The Kier molecular flexibility index (Phi) is 2.99. The first-order valence-corrected chi connectivity index (χ1v) is 6.34. The fraction of sp³-hybridized carbons (Fsp3) is 0.133. The van der Waals surface area contributed by atoms with Crippen molar-refractivity contribution in [1.29, 1.82) is 0 Å². The van der Waals surface area contributed by atoms with Crippen LogP contribution >= 0.6 is 11.6 Å². The Hall–Kier alpha value is -1.87. The first-order valence-electron chi connectivity index (χ1n) is 5.96. The first-order chi connectivity index (χ1) is 9.13. The molecule has 4 heteroatoms. The number of carbonyl (C=O) groups is 1. The van der Waals surface area contributed by atoms with Crippen molar-refractivity contribution in [3.8, 4) is 0 Å². The van der Waals surface area contributed by atoms with Crippen LogP contribution in [0, 0.1) is 5.82 Å². The average molecular weight is 276 g/mol. The van der Waals surface area contributed by atoms with E-state index >= 15 is 0 Å². The van der Waals surface area contributed by atoms with Gasteiger partial charge < -0.3 is 5.32 Å². The van der Waals surface area contributed by atoms with Crippen LogP contribution in [0.2, 0.25) is 5.02 Å². The molecule has 0 saturated heterocycles. The van der Waals surface area contributed by atoms with Crippen LogP contribution in [0.15, 0.2) is 42.5 Å². The second-order valence-corrected chi connectivity index (χ2v) is 5.01. The molecule has 2 nitrogen and oxygen atoms in total. The van der Waals surface area contributed by atoms with Gasteiger partial charge in [0.25, 0.3) is 0 Å². The number of rotatable bonds is 1. The van der Waals surface area contributed by atoms with E-state index < -0.39 is 0 Å². The van der Waals surface area contributed by atoms with E-state index in [0.717, 1.165) is 16.7 Å². The van der Waals surface area contributed by atoms with Crippen LogP contribution in [0.3, 0.4) is 0 Å². The molecule has 1 N–H and O–H groups in total. The molecule has 1 atom stereocenters. The van der Waals surface area contributed by atoms with Crippen molar-refractivity contribution < 1.29 is 9.18 Å². The highest BCUT2D eigenvalue weighted by Gasteiger charge is 2.25. The minimum absolute atomic E-state index is 0.0990. The lowest BCUT2D eigenvalue weighted by atomic mass is 9.89. The number of fused-ring (bicyclic) bond motifs is 1. The maximum Gasteiger partial charge on any atom is 0.225 e. The molecule has 0 aromatic heterocycles. The monoisotopic (exact) mass is 275 g/mol. The van der Waals surface area contributed by atoms with Crippen molar-refractivity contribution in [2.75, 3.05) is 0 Å². The van der Waals surface area contributed by atoms with E-state index in [1.54, 1.807) is 18.2 Å². The Morgan fingerprint density at radius 2 is 1.89 bits per heavy atom. The highest BCUT2D eigenvalue weighted by molar-refractivity contribution is 6.30. The number of amides is 1. The molecule has 1 heterocycles. The molecule has 19 heavy (non-hydrogen) atoms. The van der Waals surface area contributed by atoms with Crippen LogP contribution in [-0.4, -0.2) is 5.91 Å². The molecule has 0 radical (unpaired) electrons. The van der Waals surface area contributed by atoms with Gasteiger partial charge in [0.1, 0.15) is 5.82 Å². The Bertz CT molecular complexity index is 639. The lowest BCUT2D eigenvalue weighted by Crippen LogP contribution is -2.35. The summed E-state index contributed by atoms with van der Waals surface area (Å²) in [6.45, 7) is 0. The number of hydrogen-bond donors (Lipinski definition) is 1. The van der Waals surface area contributed by atoms with Crippen LogP contribution in [0.25, 0.3) is 0 Å². The molecule has 2 aromatic carbocycles. The highest BCUT2D eigenvalue weighted by atomic mass is 35.5. The van der Waals surface area contributed by atoms with Crippen LogP contribution in [0.5, 0.6) is 0 Å². The molecular formula is C15H11ClFNO. The SMILES string of the molecule is O=C1Cc2cc(F)ccc2C(c2ccc(Cl)cc2)N1. The van der Waals surface area contributed by atoms with Crippen LogP contribution < -0.4 is 5.32 Å². The van der Waals surface area contributed by atoms with E-state index in [1.165, 1.54) is 12.1 Å². The molecule has 3 rings (SSSR count). The lowest BCUT2D eigenvalue weighted by molar-refractivity contribution is -0.121. The molecule has 1 aliphatic rings. The zero-order chi connectivity index (χ0) is 13.4. The quantitative estimate of drug-likeness (QED) is 0.850. The third kappa shape index (κ3) is 2.34. The summed E-state index contributed by atoms with van der Waals surface area (Å²) in [6, 6.07) is 11.6. The van der Waals surface area contributed by atoms with Gasteiger partial charge in [0.2, 0.25) is 5.91 Å². The molecule has 0 aliphatic carbocycles. The standard InChI is InChI=1S/C15H11ClFNO/c16-11-3-1-9(2-4-11)15-13-6-5-12(17)7-10(13)8-14(19)18-15/h1-7,15H,8H2,(H,18,19). The number of hydrogen-bond acceptors (Lipinski definition) is 1. The predicted octanol–water partition coefficient (Wildman–Crippen LogP) is 3.24. The maximum atomic E-state index is 13.3. The summed E-state index contributed by atoms with van der Waals surface area (Å²) in [7, 11) is 0. The van der Waals surface area contributed by atoms with Crippen molar-refractivity contribution in [3.63, 3.8) is 0 Å². The zero-order valence-electron chi connectivity index (χ0n) is 9.99. The Balaban J connectivity index is 2.08. The molecule has 96 valence electrons. The van der Waals surface area contributed by atoms with E-state index in [1.807, 2.05) is 12.1 Å². The van der Waals surface area contributed by atoms with Crippen LogP contribution in [-0.2, 0) is 11.2 Å². The molecule has 0 bridgehead atoms. The van der Waals surface area contributed by atoms with E-state index in [4.69, 9.17) is 11.6 Å². The second kappa shape index (κ2) is 4.67. The first kappa shape index (κ1) is 12.2. The van der Waals surface area contributed by atoms with E-state index in [9.17, 15) is 9.18 Å². The van der Waals surface area contributed by atoms with Crippen LogP contribution in [0.1, 0.15) is 22.7 Å². The minimum atomic E-state index is -0.316.